The number of amides is 1. The molecule has 1 aromatic rings. The smallest absolute Gasteiger partial charge is 0.307 e. The molecule has 1 saturated heterocycles. The van der Waals surface area contributed by atoms with Crippen LogP contribution in [-0.4, -0.2) is 48.1 Å². The number of rotatable bonds is 3. The van der Waals surface area contributed by atoms with E-state index in [0.29, 0.717) is 13.1 Å². The van der Waals surface area contributed by atoms with Gasteiger partial charge in [-0.25, -0.2) is 0 Å². The summed E-state index contributed by atoms with van der Waals surface area (Å²) in [5.74, 6) is -1.06. The van der Waals surface area contributed by atoms with E-state index in [0.717, 1.165) is 43.1 Å². The molecule has 26 heavy (non-hydrogen) atoms. The average molecular weight is 377 g/mol. The van der Waals surface area contributed by atoms with Crippen molar-refractivity contribution < 1.29 is 14.7 Å². The second-order valence-corrected chi connectivity index (χ2v) is 8.40. The van der Waals surface area contributed by atoms with Gasteiger partial charge in [-0.05, 0) is 55.7 Å². The monoisotopic (exact) mass is 376 g/mol. The third-order valence-electron chi connectivity index (χ3n) is 6.59. The number of anilines is 1. The minimum Gasteiger partial charge on any atom is -0.481 e. The first kappa shape index (κ1) is 17.7. The number of hydrogen-bond acceptors (Lipinski definition) is 3. The molecule has 0 aromatic heterocycles. The highest BCUT2D eigenvalue weighted by Crippen LogP contribution is 2.53. The molecule has 1 aliphatic heterocycles. The quantitative estimate of drug-likeness (QED) is 0.880. The molecule has 2 bridgehead atoms. The van der Waals surface area contributed by atoms with Crippen LogP contribution in [0.2, 0.25) is 5.02 Å². The Morgan fingerprint density at radius 2 is 1.73 bits per heavy atom. The van der Waals surface area contributed by atoms with E-state index in [4.69, 9.17) is 11.6 Å². The number of hydrogen-bond donors (Lipinski definition) is 1. The predicted molar refractivity (Wildman–Crippen MR) is 100 cm³/mol. The maximum absolute atomic E-state index is 13.1. The number of fused-ring (bicyclic) bond motifs is 2. The normalized spacial score (nSPS) is 30.7. The number of aliphatic carboxylic acids is 1. The van der Waals surface area contributed by atoms with Gasteiger partial charge in [0.2, 0.25) is 5.91 Å². The third-order valence-corrected chi connectivity index (χ3v) is 6.82. The van der Waals surface area contributed by atoms with Gasteiger partial charge in [-0.1, -0.05) is 17.7 Å². The van der Waals surface area contributed by atoms with E-state index in [-0.39, 0.29) is 23.7 Å². The lowest BCUT2D eigenvalue weighted by atomic mass is 9.78. The lowest BCUT2D eigenvalue weighted by Crippen LogP contribution is -2.52. The molecule has 4 atom stereocenters. The first-order chi connectivity index (χ1) is 12.5. The van der Waals surface area contributed by atoms with Crippen molar-refractivity contribution in [2.24, 2.45) is 23.7 Å². The molecule has 2 aliphatic carbocycles. The molecule has 6 heteroatoms. The van der Waals surface area contributed by atoms with Crippen LogP contribution in [-0.2, 0) is 9.59 Å². The highest BCUT2D eigenvalue weighted by atomic mass is 35.5. The lowest BCUT2D eigenvalue weighted by Gasteiger charge is -2.39. The molecule has 0 radical (unpaired) electrons. The Balaban J connectivity index is 1.44. The molecule has 1 N–H and O–H groups in total. The Morgan fingerprint density at radius 3 is 2.38 bits per heavy atom. The topological polar surface area (TPSA) is 60.9 Å². The highest BCUT2D eigenvalue weighted by Gasteiger charge is 2.54. The summed E-state index contributed by atoms with van der Waals surface area (Å²) in [5, 5.41) is 10.3. The number of benzene rings is 1. The van der Waals surface area contributed by atoms with Crippen LogP contribution in [0.15, 0.2) is 18.2 Å². The summed E-state index contributed by atoms with van der Waals surface area (Å²) in [7, 11) is 0. The Morgan fingerprint density at radius 1 is 1.08 bits per heavy atom. The van der Waals surface area contributed by atoms with E-state index < -0.39 is 11.9 Å². The summed E-state index contributed by atoms with van der Waals surface area (Å²) >= 11 is 6.14. The second kappa shape index (κ2) is 6.76. The van der Waals surface area contributed by atoms with Crippen LogP contribution in [0.1, 0.15) is 24.8 Å². The summed E-state index contributed by atoms with van der Waals surface area (Å²) in [6.45, 7) is 4.86. The van der Waals surface area contributed by atoms with Crippen LogP contribution in [0.25, 0.3) is 0 Å². The van der Waals surface area contributed by atoms with Crippen LogP contribution < -0.4 is 4.90 Å². The fraction of sp³-hybridized carbons (Fsp3) is 0.600. The molecule has 140 valence electrons. The van der Waals surface area contributed by atoms with Crippen LogP contribution in [0.4, 0.5) is 5.69 Å². The number of piperazine rings is 1. The second-order valence-electron chi connectivity index (χ2n) is 7.97. The number of carbonyl (C=O) groups excluding carboxylic acids is 1. The van der Waals surface area contributed by atoms with Crippen molar-refractivity contribution in [1.29, 1.82) is 0 Å². The fourth-order valence-corrected chi connectivity index (χ4v) is 5.47. The lowest BCUT2D eigenvalue weighted by molar-refractivity contribution is -0.153. The summed E-state index contributed by atoms with van der Waals surface area (Å²) < 4.78 is 0. The summed E-state index contributed by atoms with van der Waals surface area (Å²) in [4.78, 5) is 28.9. The van der Waals surface area contributed by atoms with Gasteiger partial charge in [-0.2, -0.15) is 0 Å². The van der Waals surface area contributed by atoms with Gasteiger partial charge in [0.1, 0.15) is 0 Å². The van der Waals surface area contributed by atoms with Crippen LogP contribution in [0.5, 0.6) is 0 Å². The zero-order valence-corrected chi connectivity index (χ0v) is 15.8. The third kappa shape index (κ3) is 2.96. The number of halogens is 1. The first-order valence-electron chi connectivity index (χ1n) is 9.48. The largest absolute Gasteiger partial charge is 0.481 e. The number of nitrogens with zero attached hydrogens (tertiary/aromatic N) is 2. The molecule has 5 nitrogen and oxygen atoms in total. The molecule has 3 fully saturated rings. The van der Waals surface area contributed by atoms with E-state index >= 15 is 0 Å². The SMILES string of the molecule is Cc1ccc(Cl)cc1N1CCN(C(=O)[C@H]2[C@@H]3CC[C@@H](C3)[C@@H]2C(=O)O)CC1. The summed E-state index contributed by atoms with van der Waals surface area (Å²) in [6, 6.07) is 5.88. The van der Waals surface area contributed by atoms with Gasteiger partial charge in [-0.15, -0.1) is 0 Å². The number of aryl methyl sites for hydroxylation is 1. The Labute approximate surface area is 158 Å². The fourth-order valence-electron chi connectivity index (χ4n) is 5.30. The maximum Gasteiger partial charge on any atom is 0.307 e. The molecular formula is C20H25ClN2O3. The van der Waals surface area contributed by atoms with Crippen LogP contribution >= 0.6 is 11.6 Å². The molecule has 1 heterocycles. The number of carboxylic acids is 1. The van der Waals surface area contributed by atoms with Crippen molar-refractivity contribution in [3.05, 3.63) is 28.8 Å². The van der Waals surface area contributed by atoms with E-state index in [1.54, 1.807) is 0 Å². The molecule has 0 unspecified atom stereocenters. The van der Waals surface area contributed by atoms with Crippen molar-refractivity contribution >= 4 is 29.2 Å². The van der Waals surface area contributed by atoms with Gasteiger partial charge >= 0.3 is 5.97 Å². The molecule has 0 spiro atoms. The predicted octanol–water partition coefficient (Wildman–Crippen LogP) is 3.04. The molecule has 2 saturated carbocycles. The van der Waals surface area contributed by atoms with Crippen molar-refractivity contribution in [3.63, 3.8) is 0 Å². The molecule has 1 aromatic carbocycles. The van der Waals surface area contributed by atoms with Gasteiger partial charge in [0.05, 0.1) is 11.8 Å². The van der Waals surface area contributed by atoms with E-state index in [2.05, 4.69) is 11.8 Å². The summed E-state index contributed by atoms with van der Waals surface area (Å²) in [6.07, 6.45) is 2.88. The van der Waals surface area contributed by atoms with E-state index in [1.165, 1.54) is 5.56 Å². The number of carbonyl (C=O) groups is 2. The standard InChI is InChI=1S/C20H25ClN2O3/c1-12-2-5-15(21)11-16(12)22-6-8-23(9-7-22)19(24)17-13-3-4-14(10-13)18(17)20(25)26/h2,5,11,13-14,17-18H,3-4,6-10H2,1H3,(H,25,26)/t13-,14+,17+,18+/m1/s1. The van der Waals surface area contributed by atoms with Crippen LogP contribution in [0.3, 0.4) is 0 Å². The van der Waals surface area contributed by atoms with Gasteiger partial charge in [-0.3, -0.25) is 9.59 Å². The van der Waals surface area contributed by atoms with Crippen molar-refractivity contribution in [2.75, 3.05) is 31.1 Å². The minimum absolute atomic E-state index is 0.0621. The van der Waals surface area contributed by atoms with Gasteiger partial charge < -0.3 is 14.9 Å². The molecule has 4 rings (SSSR count). The Bertz CT molecular complexity index is 730. The van der Waals surface area contributed by atoms with Crippen LogP contribution in [0, 0.1) is 30.6 Å². The first-order valence-corrected chi connectivity index (χ1v) is 9.86. The minimum atomic E-state index is -0.788. The average Bonchev–Trinajstić information content (AvgIpc) is 3.24. The maximum atomic E-state index is 13.1. The Hall–Kier alpha value is -1.75. The van der Waals surface area contributed by atoms with Crippen molar-refractivity contribution in [3.8, 4) is 0 Å². The van der Waals surface area contributed by atoms with Crippen molar-refractivity contribution in [1.82, 2.24) is 4.90 Å². The zero-order chi connectivity index (χ0) is 18.4. The van der Waals surface area contributed by atoms with E-state index in [1.807, 2.05) is 23.1 Å². The highest BCUT2D eigenvalue weighted by molar-refractivity contribution is 6.30. The molecule has 3 aliphatic rings. The van der Waals surface area contributed by atoms with Gasteiger partial charge in [0.15, 0.2) is 0 Å². The zero-order valence-electron chi connectivity index (χ0n) is 15.0. The van der Waals surface area contributed by atoms with Gasteiger partial charge in [0, 0.05) is 36.9 Å². The van der Waals surface area contributed by atoms with Crippen molar-refractivity contribution in [2.45, 2.75) is 26.2 Å². The van der Waals surface area contributed by atoms with Gasteiger partial charge in [0.25, 0.3) is 0 Å². The number of carboxylic acid groups (broad SMARTS) is 1. The van der Waals surface area contributed by atoms with E-state index in [9.17, 15) is 14.7 Å². The molecular weight excluding hydrogens is 352 g/mol. The Kier molecular flexibility index (Phi) is 4.59. The summed E-state index contributed by atoms with van der Waals surface area (Å²) in [5.41, 5.74) is 2.29. The molecule has 1 amide bonds.